The van der Waals surface area contributed by atoms with Crippen molar-refractivity contribution in [3.8, 4) is 0 Å². The van der Waals surface area contributed by atoms with Crippen LogP contribution in [0.4, 0.5) is 14.9 Å². The lowest BCUT2D eigenvalue weighted by atomic mass is 9.64. The highest BCUT2D eigenvalue weighted by Crippen LogP contribution is 2.50. The molecule has 0 radical (unpaired) electrons. The number of halogens is 1. The van der Waals surface area contributed by atoms with Crippen molar-refractivity contribution in [1.82, 2.24) is 9.80 Å². The Morgan fingerprint density at radius 1 is 0.968 bits per heavy atom. The maximum Gasteiger partial charge on any atom is 0.332 e. The Hall–Kier alpha value is -3.22. The zero-order chi connectivity index (χ0) is 21.9. The SMILES string of the molecule is CN1C(=O)N(C)C(=O)C2(Cc3ccc(F)cc3N3CC[C@@H](c4ccccc4)C[C@@H]32)C1=O. The predicted molar refractivity (Wildman–Crippen MR) is 113 cm³/mol. The number of imide groups is 2. The van der Waals surface area contributed by atoms with Gasteiger partial charge >= 0.3 is 6.03 Å². The smallest absolute Gasteiger partial charge is 0.332 e. The number of benzene rings is 2. The standard InChI is InChI=1S/C24H24FN3O3/c1-26-21(29)24(22(30)27(2)23(26)31)14-17-8-9-18(25)13-19(17)28-11-10-16(12-20(24)28)15-6-4-3-5-7-15/h3-9,13,16,20H,10-12,14H2,1-2H3/t16-,20-/m1/s1. The molecular weight excluding hydrogens is 397 g/mol. The van der Waals surface area contributed by atoms with Gasteiger partial charge < -0.3 is 4.90 Å². The van der Waals surface area contributed by atoms with Crippen molar-refractivity contribution in [3.63, 3.8) is 0 Å². The van der Waals surface area contributed by atoms with E-state index in [0.717, 1.165) is 33.0 Å². The van der Waals surface area contributed by atoms with Crippen LogP contribution in [0.2, 0.25) is 0 Å². The van der Waals surface area contributed by atoms with Crippen LogP contribution >= 0.6 is 0 Å². The van der Waals surface area contributed by atoms with Crippen molar-refractivity contribution in [2.75, 3.05) is 25.5 Å². The van der Waals surface area contributed by atoms with Crippen molar-refractivity contribution in [3.05, 3.63) is 65.5 Å². The summed E-state index contributed by atoms with van der Waals surface area (Å²) < 4.78 is 14.1. The van der Waals surface area contributed by atoms with Crippen LogP contribution in [0.5, 0.6) is 0 Å². The fraction of sp³-hybridized carbons (Fsp3) is 0.375. The number of amides is 4. The highest BCUT2D eigenvalue weighted by Gasteiger charge is 2.63. The Balaban J connectivity index is 1.66. The molecule has 3 aliphatic rings. The van der Waals surface area contributed by atoms with Gasteiger partial charge in [-0.15, -0.1) is 0 Å². The molecule has 3 aliphatic heterocycles. The molecule has 3 heterocycles. The molecule has 2 aromatic carbocycles. The van der Waals surface area contributed by atoms with Gasteiger partial charge in [0.2, 0.25) is 11.8 Å². The molecule has 6 nitrogen and oxygen atoms in total. The van der Waals surface area contributed by atoms with Crippen molar-refractivity contribution in [1.29, 1.82) is 0 Å². The quantitative estimate of drug-likeness (QED) is 0.664. The van der Waals surface area contributed by atoms with E-state index in [1.54, 1.807) is 6.07 Å². The Kier molecular flexibility index (Phi) is 4.39. The molecule has 4 amide bonds. The molecule has 160 valence electrons. The fourth-order valence-corrected chi connectivity index (χ4v) is 5.65. The summed E-state index contributed by atoms with van der Waals surface area (Å²) in [6.45, 7) is 0.602. The molecule has 2 fully saturated rings. The van der Waals surface area contributed by atoms with Gasteiger partial charge in [-0.3, -0.25) is 19.4 Å². The van der Waals surface area contributed by atoms with Gasteiger partial charge in [0.25, 0.3) is 0 Å². The average molecular weight is 421 g/mol. The number of carbonyl (C=O) groups excluding carboxylic acids is 3. The van der Waals surface area contributed by atoms with Gasteiger partial charge in [0.05, 0.1) is 6.04 Å². The summed E-state index contributed by atoms with van der Waals surface area (Å²) in [5, 5.41) is 0. The summed E-state index contributed by atoms with van der Waals surface area (Å²) in [4.78, 5) is 43.8. The van der Waals surface area contributed by atoms with E-state index < -0.39 is 29.3 Å². The van der Waals surface area contributed by atoms with Gasteiger partial charge in [-0.25, -0.2) is 9.18 Å². The Bertz CT molecular complexity index is 1060. The van der Waals surface area contributed by atoms with E-state index in [9.17, 15) is 18.8 Å². The van der Waals surface area contributed by atoms with Crippen LogP contribution in [0.3, 0.4) is 0 Å². The van der Waals surface area contributed by atoms with Crippen LogP contribution in [-0.4, -0.2) is 54.3 Å². The monoisotopic (exact) mass is 421 g/mol. The number of fused-ring (bicyclic) bond motifs is 4. The number of hydrogen-bond donors (Lipinski definition) is 0. The summed E-state index contributed by atoms with van der Waals surface area (Å²) in [5.41, 5.74) is 1.25. The number of anilines is 1. The highest BCUT2D eigenvalue weighted by molar-refractivity contribution is 6.20. The second-order valence-corrected chi connectivity index (χ2v) is 8.77. The number of carbonyl (C=O) groups is 3. The minimum atomic E-state index is -1.41. The first-order chi connectivity index (χ1) is 14.8. The molecule has 5 rings (SSSR count). The number of rotatable bonds is 1. The van der Waals surface area contributed by atoms with E-state index >= 15 is 0 Å². The lowest BCUT2D eigenvalue weighted by Gasteiger charge is -2.55. The Morgan fingerprint density at radius 2 is 1.65 bits per heavy atom. The van der Waals surface area contributed by atoms with Gasteiger partial charge in [-0.2, -0.15) is 0 Å². The van der Waals surface area contributed by atoms with E-state index in [1.165, 1.54) is 26.2 Å². The summed E-state index contributed by atoms with van der Waals surface area (Å²) in [7, 11) is 2.86. The number of urea groups is 1. The molecule has 0 unspecified atom stereocenters. The molecule has 0 aromatic heterocycles. The average Bonchev–Trinajstić information content (AvgIpc) is 2.80. The molecule has 0 aliphatic carbocycles. The van der Waals surface area contributed by atoms with Crippen LogP contribution in [0.25, 0.3) is 0 Å². The maximum absolute atomic E-state index is 14.1. The molecule has 2 saturated heterocycles. The van der Waals surface area contributed by atoms with Gasteiger partial charge in [-0.1, -0.05) is 36.4 Å². The molecule has 7 heteroatoms. The summed E-state index contributed by atoms with van der Waals surface area (Å²) in [5.74, 6) is -1.12. The molecule has 31 heavy (non-hydrogen) atoms. The number of barbiturate groups is 1. The molecule has 2 aromatic rings. The first-order valence-corrected chi connectivity index (χ1v) is 10.5. The van der Waals surface area contributed by atoms with Crippen molar-refractivity contribution >= 4 is 23.5 Å². The molecule has 0 bridgehead atoms. The molecular formula is C24H24FN3O3. The van der Waals surface area contributed by atoms with Gasteiger partial charge in [0, 0.05) is 26.3 Å². The van der Waals surface area contributed by atoms with Gasteiger partial charge in [-0.05, 0) is 48.4 Å². The van der Waals surface area contributed by atoms with Gasteiger partial charge in [0.1, 0.15) is 5.82 Å². The molecule has 2 atom stereocenters. The van der Waals surface area contributed by atoms with Crippen molar-refractivity contribution in [2.24, 2.45) is 5.41 Å². The third-order valence-electron chi connectivity index (χ3n) is 7.21. The van der Waals surface area contributed by atoms with Gasteiger partial charge in [0.15, 0.2) is 5.41 Å². The normalized spacial score (nSPS) is 25.0. The highest BCUT2D eigenvalue weighted by atomic mass is 19.1. The Labute approximate surface area is 180 Å². The van der Waals surface area contributed by atoms with Crippen molar-refractivity contribution < 1.29 is 18.8 Å². The summed E-state index contributed by atoms with van der Waals surface area (Å²) in [6.07, 6.45) is 1.57. The lowest BCUT2D eigenvalue weighted by molar-refractivity contribution is -0.159. The summed E-state index contributed by atoms with van der Waals surface area (Å²) in [6, 6.07) is 13.5. The molecule has 1 spiro atoms. The zero-order valence-electron chi connectivity index (χ0n) is 17.5. The van der Waals surface area contributed by atoms with Crippen LogP contribution in [0.1, 0.15) is 29.9 Å². The lowest BCUT2D eigenvalue weighted by Crippen LogP contribution is -2.72. The van der Waals surface area contributed by atoms with Crippen LogP contribution in [0, 0.1) is 11.2 Å². The third kappa shape index (κ3) is 2.72. The van der Waals surface area contributed by atoms with E-state index in [1.807, 2.05) is 23.1 Å². The minimum absolute atomic E-state index is 0.158. The minimum Gasteiger partial charge on any atom is -0.367 e. The van der Waals surface area contributed by atoms with Crippen LogP contribution < -0.4 is 4.90 Å². The Morgan fingerprint density at radius 3 is 2.32 bits per heavy atom. The topological polar surface area (TPSA) is 60.9 Å². The van der Waals surface area contributed by atoms with Crippen LogP contribution in [0.15, 0.2) is 48.5 Å². The first-order valence-electron chi connectivity index (χ1n) is 10.5. The predicted octanol–water partition coefficient (Wildman–Crippen LogP) is 3.17. The second-order valence-electron chi connectivity index (χ2n) is 8.77. The number of hydrogen-bond acceptors (Lipinski definition) is 4. The van der Waals surface area contributed by atoms with Crippen molar-refractivity contribution in [2.45, 2.75) is 31.2 Å². The number of nitrogens with zero attached hydrogens (tertiary/aromatic N) is 3. The zero-order valence-corrected chi connectivity index (χ0v) is 17.5. The second kappa shape index (κ2) is 6.90. The van der Waals surface area contributed by atoms with E-state index in [4.69, 9.17) is 0 Å². The number of piperidine rings is 1. The largest absolute Gasteiger partial charge is 0.367 e. The molecule has 0 N–H and O–H groups in total. The third-order valence-corrected chi connectivity index (χ3v) is 7.21. The van der Waals surface area contributed by atoms with E-state index in [-0.39, 0.29) is 18.2 Å². The van der Waals surface area contributed by atoms with Crippen LogP contribution in [-0.2, 0) is 16.0 Å². The van der Waals surface area contributed by atoms with E-state index in [0.29, 0.717) is 13.0 Å². The molecule has 0 saturated carbocycles. The maximum atomic E-state index is 14.1. The summed E-state index contributed by atoms with van der Waals surface area (Å²) >= 11 is 0. The first kappa shape index (κ1) is 19.7. The van der Waals surface area contributed by atoms with E-state index in [2.05, 4.69) is 12.1 Å². The fourth-order valence-electron chi connectivity index (χ4n) is 5.65.